The minimum Gasteiger partial charge on any atom is -0.373 e. The van der Waals surface area contributed by atoms with Crippen molar-refractivity contribution in [1.82, 2.24) is 24.3 Å². The van der Waals surface area contributed by atoms with Crippen LogP contribution in [-0.4, -0.2) is 52.3 Å². The van der Waals surface area contributed by atoms with Crippen molar-refractivity contribution in [3.8, 4) is 0 Å². The Kier molecular flexibility index (Phi) is 5.24. The smallest absolute Gasteiger partial charge is 0.211 e. The van der Waals surface area contributed by atoms with E-state index in [0.717, 1.165) is 52.3 Å². The van der Waals surface area contributed by atoms with Crippen LogP contribution < -0.4 is 15.7 Å². The summed E-state index contributed by atoms with van der Waals surface area (Å²) in [5, 5.41) is 3.16. The van der Waals surface area contributed by atoms with E-state index in [4.69, 9.17) is 9.97 Å². The Labute approximate surface area is 204 Å². The average molecular weight is 469 g/mol. The van der Waals surface area contributed by atoms with Gasteiger partial charge in [-0.2, -0.15) is 0 Å². The molecule has 0 atom stereocenters. The van der Waals surface area contributed by atoms with Gasteiger partial charge in [0.25, 0.3) is 0 Å². The molecule has 34 heavy (non-hydrogen) atoms. The predicted molar refractivity (Wildman–Crippen MR) is 139 cm³/mol. The van der Waals surface area contributed by atoms with E-state index >= 15 is 0 Å². The monoisotopic (exact) mass is 469 g/mol. The van der Waals surface area contributed by atoms with Gasteiger partial charge < -0.3 is 10.2 Å². The molecule has 0 saturated carbocycles. The number of aromatic nitrogens is 5. The second-order valence-electron chi connectivity index (χ2n) is 9.57. The van der Waals surface area contributed by atoms with Crippen LogP contribution in [0.1, 0.15) is 29.7 Å². The summed E-state index contributed by atoms with van der Waals surface area (Å²) in [6.45, 7) is 4.11. The van der Waals surface area contributed by atoms with Gasteiger partial charge in [-0.25, -0.2) is 15.0 Å². The molecular formula is C25H28BN7S. The van der Waals surface area contributed by atoms with Crippen LogP contribution in [0.25, 0.3) is 5.65 Å². The number of fused-ring (bicyclic) bond motifs is 2. The summed E-state index contributed by atoms with van der Waals surface area (Å²) in [5.74, 6) is 1.88. The minimum atomic E-state index is 0.353. The second-order valence-corrected chi connectivity index (χ2v) is 10.7. The molecular weight excluding hydrogens is 441 g/mol. The molecule has 1 spiro atoms. The van der Waals surface area contributed by atoms with Crippen molar-refractivity contribution in [2.75, 3.05) is 30.4 Å². The Morgan fingerprint density at radius 3 is 2.62 bits per heavy atom. The number of piperidine rings is 1. The quantitative estimate of drug-likeness (QED) is 0.461. The molecule has 172 valence electrons. The molecule has 4 aromatic heterocycles. The summed E-state index contributed by atoms with van der Waals surface area (Å²) >= 11 is 1.69. The molecule has 1 saturated heterocycles. The molecule has 5 heterocycles. The Hall–Kier alpha value is -3.07. The molecule has 0 bridgehead atoms. The van der Waals surface area contributed by atoms with E-state index in [1.807, 2.05) is 38.0 Å². The first-order valence-corrected chi connectivity index (χ1v) is 12.7. The second kappa shape index (κ2) is 8.30. The van der Waals surface area contributed by atoms with Crippen LogP contribution in [0.15, 0.2) is 52.9 Å². The number of rotatable bonds is 4. The molecule has 0 aromatic carbocycles. The van der Waals surface area contributed by atoms with Crippen LogP contribution in [0.2, 0.25) is 0 Å². The highest BCUT2D eigenvalue weighted by Gasteiger charge is 2.41. The lowest BCUT2D eigenvalue weighted by Crippen LogP contribution is -2.42. The van der Waals surface area contributed by atoms with Crippen molar-refractivity contribution < 1.29 is 0 Å². The van der Waals surface area contributed by atoms with Crippen molar-refractivity contribution in [1.29, 1.82) is 0 Å². The molecule has 4 aromatic rings. The minimum absolute atomic E-state index is 0.353. The molecule has 9 heteroatoms. The van der Waals surface area contributed by atoms with Crippen molar-refractivity contribution in [3.63, 3.8) is 0 Å². The highest BCUT2D eigenvalue weighted by molar-refractivity contribution is 7.99. The van der Waals surface area contributed by atoms with E-state index in [0.29, 0.717) is 5.41 Å². The third-order valence-corrected chi connectivity index (χ3v) is 8.74. The van der Waals surface area contributed by atoms with Gasteiger partial charge in [0.2, 0.25) is 5.95 Å². The molecule has 1 aliphatic carbocycles. The number of nitrogens with one attached hydrogen (secondary N) is 1. The van der Waals surface area contributed by atoms with E-state index in [1.54, 1.807) is 11.8 Å². The summed E-state index contributed by atoms with van der Waals surface area (Å²) in [7, 11) is 4.12. The maximum atomic E-state index is 4.92. The first kappa shape index (κ1) is 21.5. The number of imidazole rings is 1. The average Bonchev–Trinajstić information content (AvgIpc) is 3.48. The van der Waals surface area contributed by atoms with Crippen LogP contribution in [0, 0.1) is 12.3 Å². The fourth-order valence-electron chi connectivity index (χ4n) is 5.55. The summed E-state index contributed by atoms with van der Waals surface area (Å²) in [4.78, 5) is 23.3. The zero-order valence-corrected chi connectivity index (χ0v) is 20.7. The summed E-state index contributed by atoms with van der Waals surface area (Å²) < 4.78 is 2.14. The molecule has 1 aliphatic heterocycles. The maximum absolute atomic E-state index is 4.92. The third kappa shape index (κ3) is 3.53. The van der Waals surface area contributed by atoms with Crippen molar-refractivity contribution in [3.05, 3.63) is 59.9 Å². The van der Waals surface area contributed by atoms with E-state index in [9.17, 15) is 0 Å². The molecule has 1 N–H and O–H groups in total. The first-order chi connectivity index (χ1) is 16.6. The lowest BCUT2D eigenvalue weighted by molar-refractivity contribution is 0.230. The van der Waals surface area contributed by atoms with Crippen molar-refractivity contribution >= 4 is 42.5 Å². The van der Waals surface area contributed by atoms with Crippen LogP contribution in [0.3, 0.4) is 0 Å². The van der Waals surface area contributed by atoms with Crippen LogP contribution in [0.5, 0.6) is 0 Å². The highest BCUT2D eigenvalue weighted by atomic mass is 32.2. The van der Waals surface area contributed by atoms with Gasteiger partial charge >= 0.3 is 0 Å². The van der Waals surface area contributed by atoms with E-state index in [2.05, 4.69) is 51.5 Å². The SMILES string of the molecule is Bc1ccnc2c1CC1(CCN(c3ncc(Sc4ccnc(NC)c4C)c4nccn34)CC1)C2. The molecule has 7 nitrogen and oxygen atoms in total. The van der Waals surface area contributed by atoms with Crippen molar-refractivity contribution in [2.45, 2.75) is 42.4 Å². The molecule has 6 rings (SSSR count). The van der Waals surface area contributed by atoms with Crippen LogP contribution in [-0.2, 0) is 12.8 Å². The van der Waals surface area contributed by atoms with Crippen LogP contribution >= 0.6 is 11.8 Å². The topological polar surface area (TPSA) is 71.2 Å². The number of anilines is 2. The fourth-order valence-corrected chi connectivity index (χ4v) is 6.52. The fraction of sp³-hybridized carbons (Fsp3) is 0.360. The van der Waals surface area contributed by atoms with Gasteiger partial charge in [-0.1, -0.05) is 17.2 Å². The maximum Gasteiger partial charge on any atom is 0.211 e. The number of pyridine rings is 2. The number of nitrogens with zero attached hydrogens (tertiary/aromatic N) is 6. The third-order valence-electron chi connectivity index (χ3n) is 7.57. The lowest BCUT2D eigenvalue weighted by atomic mass is 9.75. The Balaban J connectivity index is 1.24. The summed E-state index contributed by atoms with van der Waals surface area (Å²) in [6.07, 6.45) is 14.3. The standard InChI is InChI=1S/C25H28BN7S/c1-16-20(4-8-29-22(16)27-2)34-21-15-31-24(33-12-9-30-23(21)33)32-10-5-25(6-11-32)13-17-18(26)3-7-28-19(17)14-25/h3-4,7-9,12,15H,5-6,10-11,13-14,26H2,1-2H3,(H,27,29). The largest absolute Gasteiger partial charge is 0.373 e. The van der Waals surface area contributed by atoms with E-state index < -0.39 is 0 Å². The van der Waals surface area contributed by atoms with Gasteiger partial charge in [-0.3, -0.25) is 9.38 Å². The number of hydrogen-bond acceptors (Lipinski definition) is 7. The van der Waals surface area contributed by atoms with Gasteiger partial charge in [-0.15, -0.1) is 0 Å². The zero-order chi connectivity index (χ0) is 23.3. The van der Waals surface area contributed by atoms with Gasteiger partial charge in [-0.05, 0) is 55.7 Å². The highest BCUT2D eigenvalue weighted by Crippen LogP contribution is 2.44. The molecule has 1 fully saturated rings. The lowest BCUT2D eigenvalue weighted by Gasteiger charge is -2.39. The molecule has 0 radical (unpaired) electrons. The summed E-state index contributed by atoms with van der Waals surface area (Å²) in [5.41, 5.74) is 6.63. The van der Waals surface area contributed by atoms with E-state index in [-0.39, 0.29) is 0 Å². The normalized spacial score (nSPS) is 16.8. The Bertz CT molecular complexity index is 1380. The summed E-state index contributed by atoms with van der Waals surface area (Å²) in [6, 6.07) is 4.20. The Morgan fingerprint density at radius 1 is 1.00 bits per heavy atom. The van der Waals surface area contributed by atoms with Crippen LogP contribution in [0.4, 0.5) is 11.8 Å². The number of hydrogen-bond donors (Lipinski definition) is 1. The predicted octanol–water partition coefficient (Wildman–Crippen LogP) is 2.66. The Morgan fingerprint density at radius 2 is 1.82 bits per heavy atom. The van der Waals surface area contributed by atoms with Crippen molar-refractivity contribution in [2.24, 2.45) is 5.41 Å². The van der Waals surface area contributed by atoms with Gasteiger partial charge in [0, 0.05) is 67.3 Å². The van der Waals surface area contributed by atoms with Gasteiger partial charge in [0.15, 0.2) is 5.65 Å². The van der Waals surface area contributed by atoms with E-state index in [1.165, 1.54) is 36.0 Å². The first-order valence-electron chi connectivity index (χ1n) is 11.9. The zero-order valence-electron chi connectivity index (χ0n) is 19.9. The molecule has 0 unspecified atom stereocenters. The molecule has 0 amide bonds. The van der Waals surface area contributed by atoms with Gasteiger partial charge in [0.05, 0.1) is 4.90 Å². The molecule has 2 aliphatic rings. The van der Waals surface area contributed by atoms with Gasteiger partial charge in [0.1, 0.15) is 13.7 Å².